The van der Waals surface area contributed by atoms with Gasteiger partial charge in [0.1, 0.15) is 0 Å². The number of aliphatic carboxylic acids is 1. The summed E-state index contributed by atoms with van der Waals surface area (Å²) in [7, 11) is 0. The highest BCUT2D eigenvalue weighted by Crippen LogP contribution is 2.22. The molecule has 1 aliphatic rings. The van der Waals surface area contributed by atoms with Crippen molar-refractivity contribution in [2.24, 2.45) is 5.92 Å². The van der Waals surface area contributed by atoms with E-state index in [2.05, 4.69) is 5.32 Å². The Balaban J connectivity index is 2.09. The van der Waals surface area contributed by atoms with Crippen LogP contribution >= 0.6 is 0 Å². The summed E-state index contributed by atoms with van der Waals surface area (Å²) in [5.41, 5.74) is 1.05. The van der Waals surface area contributed by atoms with Crippen molar-refractivity contribution in [1.29, 1.82) is 0 Å². The zero-order valence-corrected chi connectivity index (χ0v) is 11.9. The summed E-state index contributed by atoms with van der Waals surface area (Å²) >= 11 is 0. The minimum atomic E-state index is -1.00. The van der Waals surface area contributed by atoms with Crippen molar-refractivity contribution < 1.29 is 19.8 Å². The molecule has 1 aromatic carbocycles. The molecule has 1 aromatic rings. The predicted molar refractivity (Wildman–Crippen MR) is 77.1 cm³/mol. The van der Waals surface area contributed by atoms with Crippen LogP contribution in [-0.4, -0.2) is 46.3 Å². The molecular formula is C15H20N2O4. The monoisotopic (exact) mass is 292 g/mol. The van der Waals surface area contributed by atoms with Crippen LogP contribution in [0.15, 0.2) is 30.3 Å². The standard InChI is InChI=1S/C15H20N2O4/c1-10(11-5-3-2-4-6-11)16-13-9-17(15(20)21)8-7-12(13)14(18)19/h2-6,10,12-13,16H,7-9H2,1H3,(H,18,19)(H,20,21)/t10-,12?,13+/m1/s1. The van der Waals surface area contributed by atoms with E-state index >= 15 is 0 Å². The number of nitrogens with zero attached hydrogens (tertiary/aromatic N) is 1. The maximum atomic E-state index is 11.4. The van der Waals surface area contributed by atoms with Crippen LogP contribution in [0, 0.1) is 5.92 Å². The maximum absolute atomic E-state index is 11.4. The fourth-order valence-electron chi connectivity index (χ4n) is 2.75. The summed E-state index contributed by atoms with van der Waals surface area (Å²) in [4.78, 5) is 23.7. The van der Waals surface area contributed by atoms with Gasteiger partial charge in [-0.25, -0.2) is 4.79 Å². The largest absolute Gasteiger partial charge is 0.481 e. The minimum Gasteiger partial charge on any atom is -0.481 e. The highest BCUT2D eigenvalue weighted by Gasteiger charge is 2.36. The van der Waals surface area contributed by atoms with E-state index in [-0.39, 0.29) is 25.2 Å². The van der Waals surface area contributed by atoms with Crippen molar-refractivity contribution >= 4 is 12.1 Å². The average Bonchev–Trinajstić information content (AvgIpc) is 2.47. The Kier molecular flexibility index (Phi) is 4.80. The normalized spacial score (nSPS) is 23.6. The molecule has 1 saturated heterocycles. The fourth-order valence-corrected chi connectivity index (χ4v) is 2.75. The molecular weight excluding hydrogens is 272 g/mol. The van der Waals surface area contributed by atoms with E-state index in [0.29, 0.717) is 6.42 Å². The highest BCUT2D eigenvalue weighted by atomic mass is 16.4. The zero-order valence-electron chi connectivity index (χ0n) is 11.9. The summed E-state index contributed by atoms with van der Waals surface area (Å²) in [6.07, 6.45) is -0.668. The molecule has 2 rings (SSSR count). The summed E-state index contributed by atoms with van der Waals surface area (Å²) in [6.45, 7) is 2.42. The molecule has 0 radical (unpaired) electrons. The molecule has 0 bridgehead atoms. The van der Waals surface area contributed by atoms with Crippen molar-refractivity contribution in [3.8, 4) is 0 Å². The SMILES string of the molecule is C[C@@H](N[C@H]1CN(C(=O)O)CCC1C(=O)O)c1ccccc1. The van der Waals surface area contributed by atoms with Crippen LogP contribution in [0.5, 0.6) is 0 Å². The van der Waals surface area contributed by atoms with Crippen LogP contribution in [0.2, 0.25) is 0 Å². The van der Waals surface area contributed by atoms with Crippen molar-refractivity contribution in [2.75, 3.05) is 13.1 Å². The Bertz CT molecular complexity index is 506. The first-order valence-electron chi connectivity index (χ1n) is 7.00. The van der Waals surface area contributed by atoms with E-state index in [0.717, 1.165) is 5.56 Å². The second kappa shape index (κ2) is 6.58. The van der Waals surface area contributed by atoms with Crippen molar-refractivity contribution in [1.82, 2.24) is 10.2 Å². The number of amides is 1. The second-order valence-corrected chi connectivity index (χ2v) is 5.37. The molecule has 0 aromatic heterocycles. The van der Waals surface area contributed by atoms with Gasteiger partial charge in [0.2, 0.25) is 0 Å². The van der Waals surface area contributed by atoms with Gasteiger partial charge in [-0.05, 0) is 18.9 Å². The van der Waals surface area contributed by atoms with E-state index in [4.69, 9.17) is 5.11 Å². The van der Waals surface area contributed by atoms with Crippen LogP contribution < -0.4 is 5.32 Å². The topological polar surface area (TPSA) is 89.9 Å². The summed E-state index contributed by atoms with van der Waals surface area (Å²) in [6, 6.07) is 9.27. The number of hydrogen-bond acceptors (Lipinski definition) is 3. The second-order valence-electron chi connectivity index (χ2n) is 5.37. The van der Waals surface area contributed by atoms with E-state index in [1.165, 1.54) is 4.90 Å². The first-order chi connectivity index (χ1) is 9.99. The lowest BCUT2D eigenvalue weighted by Crippen LogP contribution is -2.54. The van der Waals surface area contributed by atoms with Crippen LogP contribution in [-0.2, 0) is 4.79 Å². The molecule has 6 nitrogen and oxygen atoms in total. The lowest BCUT2D eigenvalue weighted by atomic mass is 9.90. The van der Waals surface area contributed by atoms with E-state index < -0.39 is 18.0 Å². The number of nitrogens with one attached hydrogen (secondary N) is 1. The Hall–Kier alpha value is -2.08. The van der Waals surface area contributed by atoms with Gasteiger partial charge in [0, 0.05) is 25.2 Å². The highest BCUT2D eigenvalue weighted by molar-refractivity contribution is 5.72. The Morgan fingerprint density at radius 2 is 1.95 bits per heavy atom. The van der Waals surface area contributed by atoms with Gasteiger partial charge in [-0.2, -0.15) is 0 Å². The molecule has 6 heteroatoms. The van der Waals surface area contributed by atoms with Gasteiger partial charge in [0.05, 0.1) is 5.92 Å². The quantitative estimate of drug-likeness (QED) is 0.787. The van der Waals surface area contributed by atoms with Crippen molar-refractivity contribution in [3.05, 3.63) is 35.9 Å². The third-order valence-electron chi connectivity index (χ3n) is 3.96. The number of carboxylic acids is 1. The first-order valence-corrected chi connectivity index (χ1v) is 7.00. The van der Waals surface area contributed by atoms with Gasteiger partial charge in [-0.1, -0.05) is 30.3 Å². The molecule has 1 amide bonds. The minimum absolute atomic E-state index is 0.0354. The van der Waals surface area contributed by atoms with Gasteiger partial charge in [0.25, 0.3) is 0 Å². The van der Waals surface area contributed by atoms with Crippen LogP contribution in [0.3, 0.4) is 0 Å². The van der Waals surface area contributed by atoms with Gasteiger partial charge in [-0.3, -0.25) is 4.79 Å². The summed E-state index contributed by atoms with van der Waals surface area (Å²) in [5.74, 6) is -1.44. The Morgan fingerprint density at radius 3 is 2.52 bits per heavy atom. The molecule has 3 N–H and O–H groups in total. The number of piperidine rings is 1. The lowest BCUT2D eigenvalue weighted by Gasteiger charge is -2.37. The molecule has 1 aliphatic heterocycles. The van der Waals surface area contributed by atoms with E-state index in [1.807, 2.05) is 37.3 Å². The van der Waals surface area contributed by atoms with Gasteiger partial charge in [-0.15, -0.1) is 0 Å². The fraction of sp³-hybridized carbons (Fsp3) is 0.467. The molecule has 1 heterocycles. The smallest absolute Gasteiger partial charge is 0.407 e. The molecule has 0 spiro atoms. The number of likely N-dealkylation sites (tertiary alicyclic amines) is 1. The summed E-state index contributed by atoms with van der Waals surface area (Å²) in [5, 5.41) is 21.7. The number of rotatable bonds is 4. The Labute approximate surface area is 123 Å². The number of carboxylic acid groups (broad SMARTS) is 2. The molecule has 0 aliphatic carbocycles. The summed E-state index contributed by atoms with van der Waals surface area (Å²) < 4.78 is 0. The Morgan fingerprint density at radius 1 is 1.29 bits per heavy atom. The van der Waals surface area contributed by atoms with Gasteiger partial charge >= 0.3 is 12.1 Å². The molecule has 0 saturated carbocycles. The molecule has 1 fully saturated rings. The number of carbonyl (C=O) groups is 2. The van der Waals surface area contributed by atoms with E-state index in [9.17, 15) is 14.7 Å². The van der Waals surface area contributed by atoms with Crippen LogP contribution in [0.4, 0.5) is 4.79 Å². The molecule has 114 valence electrons. The molecule has 3 atom stereocenters. The van der Waals surface area contributed by atoms with Gasteiger partial charge in [0.15, 0.2) is 0 Å². The molecule has 21 heavy (non-hydrogen) atoms. The number of benzene rings is 1. The van der Waals surface area contributed by atoms with E-state index in [1.54, 1.807) is 0 Å². The maximum Gasteiger partial charge on any atom is 0.407 e. The van der Waals surface area contributed by atoms with Crippen LogP contribution in [0.25, 0.3) is 0 Å². The number of hydrogen-bond donors (Lipinski definition) is 3. The van der Waals surface area contributed by atoms with Crippen molar-refractivity contribution in [3.63, 3.8) is 0 Å². The first kappa shape index (κ1) is 15.3. The van der Waals surface area contributed by atoms with Crippen molar-refractivity contribution in [2.45, 2.75) is 25.4 Å². The average molecular weight is 292 g/mol. The third-order valence-corrected chi connectivity index (χ3v) is 3.96. The molecule has 1 unspecified atom stereocenters. The van der Waals surface area contributed by atoms with Crippen LogP contribution in [0.1, 0.15) is 24.9 Å². The zero-order chi connectivity index (χ0) is 15.4. The van der Waals surface area contributed by atoms with Gasteiger partial charge < -0.3 is 20.4 Å². The third kappa shape index (κ3) is 3.72. The predicted octanol–water partition coefficient (Wildman–Crippen LogP) is 1.79. The lowest BCUT2D eigenvalue weighted by molar-refractivity contribution is -0.144.